The molecular formula is C44H63ClN4O10. The number of hydrogen-bond acceptors (Lipinski definition) is 11. The van der Waals surface area contributed by atoms with E-state index in [0.29, 0.717) is 45.3 Å². The van der Waals surface area contributed by atoms with Gasteiger partial charge in [-0.1, -0.05) is 76.1 Å². The van der Waals surface area contributed by atoms with Crippen LogP contribution < -0.4 is 10.6 Å². The number of benzene rings is 2. The topological polar surface area (TPSA) is 166 Å². The Bertz CT molecular complexity index is 1660. The second-order valence-corrected chi connectivity index (χ2v) is 15.2. The van der Waals surface area contributed by atoms with Crippen LogP contribution in [-0.4, -0.2) is 112 Å². The summed E-state index contributed by atoms with van der Waals surface area (Å²) < 4.78 is 33.7. The maximum atomic E-state index is 13.1. The molecule has 0 bridgehead atoms. The Morgan fingerprint density at radius 2 is 1.31 bits per heavy atom. The Morgan fingerprint density at radius 3 is 2.02 bits per heavy atom. The number of alkyl halides is 1. The summed E-state index contributed by atoms with van der Waals surface area (Å²) in [6, 6.07) is 19.3. The molecule has 15 heteroatoms. The number of amides is 2. The molecule has 326 valence electrons. The van der Waals surface area contributed by atoms with Crippen LogP contribution in [0.3, 0.4) is 0 Å². The molecule has 2 N–H and O–H groups in total. The molecule has 0 unspecified atom stereocenters. The fraction of sp³-hybridized carbons (Fsp3) is 0.568. The van der Waals surface area contributed by atoms with Gasteiger partial charge in [-0.2, -0.15) is 5.10 Å². The highest BCUT2D eigenvalue weighted by Crippen LogP contribution is 2.25. The molecule has 3 aromatic rings. The van der Waals surface area contributed by atoms with Crippen LogP contribution in [-0.2, 0) is 67.6 Å². The second kappa shape index (κ2) is 29.0. The number of unbranched alkanes of at least 4 members (excludes halogenated alkanes) is 3. The number of alkyl carbamates (subject to hydrolysis) is 1. The molecule has 0 atom stereocenters. The van der Waals surface area contributed by atoms with E-state index in [4.69, 9.17) is 45.1 Å². The molecule has 1 heterocycles. The van der Waals surface area contributed by atoms with Crippen molar-refractivity contribution in [3.63, 3.8) is 0 Å². The Labute approximate surface area is 353 Å². The number of nitrogens with zero attached hydrogens (tertiary/aromatic N) is 2. The van der Waals surface area contributed by atoms with Crippen molar-refractivity contribution in [2.45, 2.75) is 84.1 Å². The molecule has 1 aromatic heterocycles. The number of esters is 1. The van der Waals surface area contributed by atoms with E-state index in [1.165, 1.54) is 0 Å². The standard InChI is InChI=1S/C44H63ClN4O10/c1-44(2,3)40-33-38(32-39(50)31-35-12-7-6-8-13-35)49(48-40)37-15-11-14-36(30-37)34-47-41(51)16-17-42(52)58-28-26-56-24-25-57-27-29-59-43(53)46-19-21-55-23-22-54-20-10-5-4-9-18-45/h6-8,11-15,30,33H,4-5,9-10,16-29,31-32,34H2,1-3H3,(H,46,53)(H,47,51). The molecule has 0 aliphatic carbocycles. The Hall–Kier alpha value is -4.34. The van der Waals surface area contributed by atoms with E-state index < -0.39 is 12.1 Å². The molecule has 0 spiro atoms. The van der Waals surface area contributed by atoms with Crippen LogP contribution in [0, 0.1) is 0 Å². The van der Waals surface area contributed by atoms with Gasteiger partial charge < -0.3 is 39.1 Å². The molecule has 0 aliphatic heterocycles. The normalized spacial score (nSPS) is 11.3. The molecule has 3 rings (SSSR count). The van der Waals surface area contributed by atoms with Gasteiger partial charge in [0.2, 0.25) is 5.91 Å². The maximum Gasteiger partial charge on any atom is 0.407 e. The van der Waals surface area contributed by atoms with Crippen molar-refractivity contribution in [1.82, 2.24) is 20.4 Å². The quantitative estimate of drug-likeness (QED) is 0.0440. The Balaban J connectivity index is 1.21. The van der Waals surface area contributed by atoms with Gasteiger partial charge in [0, 0.05) is 50.3 Å². The van der Waals surface area contributed by atoms with Gasteiger partial charge in [-0.15, -0.1) is 11.6 Å². The number of Topliss-reactive ketones (excluding diaryl/α,β-unsaturated/α-hetero) is 1. The highest BCUT2D eigenvalue weighted by molar-refractivity contribution is 6.17. The zero-order chi connectivity index (χ0) is 42.6. The minimum Gasteiger partial charge on any atom is -0.463 e. The molecule has 0 aliphatic rings. The summed E-state index contributed by atoms with van der Waals surface area (Å²) in [5.41, 5.74) is 4.07. The van der Waals surface area contributed by atoms with E-state index in [9.17, 15) is 19.2 Å². The first-order valence-corrected chi connectivity index (χ1v) is 21.0. The Kier molecular flexibility index (Phi) is 24.1. The minimum absolute atomic E-state index is 0.0189. The van der Waals surface area contributed by atoms with Gasteiger partial charge in [0.25, 0.3) is 0 Å². The molecule has 0 radical (unpaired) electrons. The summed E-state index contributed by atoms with van der Waals surface area (Å²) in [5, 5.41) is 10.3. The van der Waals surface area contributed by atoms with Crippen molar-refractivity contribution in [1.29, 1.82) is 0 Å². The summed E-state index contributed by atoms with van der Waals surface area (Å²) in [4.78, 5) is 49.5. The zero-order valence-electron chi connectivity index (χ0n) is 35.0. The second-order valence-electron chi connectivity index (χ2n) is 14.8. The largest absolute Gasteiger partial charge is 0.463 e. The number of ketones is 1. The smallest absolute Gasteiger partial charge is 0.407 e. The van der Waals surface area contributed by atoms with Gasteiger partial charge >= 0.3 is 12.1 Å². The molecule has 2 amide bonds. The fourth-order valence-electron chi connectivity index (χ4n) is 5.58. The van der Waals surface area contributed by atoms with Crippen LogP contribution in [0.5, 0.6) is 0 Å². The third kappa shape index (κ3) is 22.0. The zero-order valence-corrected chi connectivity index (χ0v) is 35.7. The monoisotopic (exact) mass is 842 g/mol. The number of carbonyl (C=O) groups excluding carboxylic acids is 4. The van der Waals surface area contributed by atoms with Crippen LogP contribution in [0.25, 0.3) is 5.69 Å². The van der Waals surface area contributed by atoms with Gasteiger partial charge in [0.05, 0.1) is 69.7 Å². The van der Waals surface area contributed by atoms with Crippen LogP contribution in [0.1, 0.15) is 81.8 Å². The van der Waals surface area contributed by atoms with E-state index in [2.05, 4.69) is 31.4 Å². The van der Waals surface area contributed by atoms with Crippen LogP contribution >= 0.6 is 11.6 Å². The number of rotatable bonds is 31. The number of hydrogen-bond donors (Lipinski definition) is 2. The van der Waals surface area contributed by atoms with Crippen LogP contribution in [0.4, 0.5) is 4.79 Å². The van der Waals surface area contributed by atoms with Gasteiger partial charge in [-0.05, 0) is 42.2 Å². The van der Waals surface area contributed by atoms with Gasteiger partial charge in [-0.3, -0.25) is 14.4 Å². The first-order chi connectivity index (χ1) is 28.5. The first-order valence-electron chi connectivity index (χ1n) is 20.5. The predicted octanol–water partition coefficient (Wildman–Crippen LogP) is 6.06. The molecule has 0 saturated carbocycles. The Morgan fingerprint density at radius 1 is 0.661 bits per heavy atom. The van der Waals surface area contributed by atoms with Crippen molar-refractivity contribution >= 4 is 35.4 Å². The van der Waals surface area contributed by atoms with Gasteiger partial charge in [-0.25, -0.2) is 9.48 Å². The first kappa shape index (κ1) is 49.0. The van der Waals surface area contributed by atoms with Crippen molar-refractivity contribution in [2.75, 3.05) is 78.5 Å². The summed E-state index contributed by atoms with van der Waals surface area (Å²) in [6.45, 7) is 9.96. The van der Waals surface area contributed by atoms with E-state index in [0.717, 1.165) is 53.9 Å². The molecule has 0 saturated heterocycles. The number of ether oxygens (including phenoxy) is 6. The highest BCUT2D eigenvalue weighted by atomic mass is 35.5. The average Bonchev–Trinajstić information content (AvgIpc) is 3.65. The van der Waals surface area contributed by atoms with Crippen LogP contribution in [0.2, 0.25) is 0 Å². The number of aromatic nitrogens is 2. The fourth-order valence-corrected chi connectivity index (χ4v) is 5.77. The minimum atomic E-state index is -0.549. The SMILES string of the molecule is CC(C)(C)c1cc(CC(=O)Cc2ccccc2)n(-c2cccc(CNC(=O)CCC(=O)OCCOCCOCCOC(=O)NCCOCCOCCCCCCCl)c2)n1. The van der Waals surface area contributed by atoms with Crippen molar-refractivity contribution in [3.8, 4) is 5.69 Å². The highest BCUT2D eigenvalue weighted by Gasteiger charge is 2.22. The lowest BCUT2D eigenvalue weighted by atomic mass is 9.92. The molecule has 59 heavy (non-hydrogen) atoms. The number of nitrogens with one attached hydrogen (secondary N) is 2. The predicted molar refractivity (Wildman–Crippen MR) is 225 cm³/mol. The van der Waals surface area contributed by atoms with E-state index >= 15 is 0 Å². The molecular weight excluding hydrogens is 780 g/mol. The molecule has 0 fully saturated rings. The molecule has 2 aromatic carbocycles. The maximum absolute atomic E-state index is 13.1. The third-order valence-electron chi connectivity index (χ3n) is 8.76. The summed E-state index contributed by atoms with van der Waals surface area (Å²) in [7, 11) is 0. The van der Waals surface area contributed by atoms with E-state index in [-0.39, 0.29) is 82.6 Å². The summed E-state index contributed by atoms with van der Waals surface area (Å²) >= 11 is 5.65. The van der Waals surface area contributed by atoms with Gasteiger partial charge in [0.15, 0.2) is 0 Å². The molecule has 14 nitrogen and oxygen atoms in total. The third-order valence-corrected chi connectivity index (χ3v) is 9.03. The lowest BCUT2D eigenvalue weighted by Gasteiger charge is -2.14. The van der Waals surface area contributed by atoms with E-state index in [1.54, 1.807) is 0 Å². The van der Waals surface area contributed by atoms with E-state index in [1.807, 2.05) is 65.3 Å². The van der Waals surface area contributed by atoms with Crippen molar-refractivity contribution in [3.05, 3.63) is 83.2 Å². The van der Waals surface area contributed by atoms with Crippen LogP contribution in [0.15, 0.2) is 60.7 Å². The van der Waals surface area contributed by atoms with Crippen molar-refractivity contribution < 1.29 is 47.6 Å². The number of halogens is 1. The van der Waals surface area contributed by atoms with Crippen molar-refractivity contribution in [2.24, 2.45) is 0 Å². The lowest BCUT2D eigenvalue weighted by Crippen LogP contribution is -2.29. The summed E-state index contributed by atoms with van der Waals surface area (Å²) in [5.74, 6) is 0.0165. The van der Waals surface area contributed by atoms with Gasteiger partial charge in [0.1, 0.15) is 19.0 Å². The number of carbonyl (C=O) groups is 4. The summed E-state index contributed by atoms with van der Waals surface area (Å²) in [6.07, 6.45) is 4.23. The lowest BCUT2D eigenvalue weighted by molar-refractivity contribution is -0.146. The average molecular weight is 843 g/mol.